The number of aryl methyl sites for hydroxylation is 1. The number of hydrogen-bond donors (Lipinski definition) is 0. The molecular weight excluding hydrogens is 188 g/mol. The monoisotopic (exact) mass is 204 g/mol. The number of hydrogen-bond acceptors (Lipinski definition) is 2. The van der Waals surface area contributed by atoms with E-state index in [-0.39, 0.29) is 12.4 Å². The van der Waals surface area contributed by atoms with Crippen LogP contribution in [0.15, 0.2) is 30.4 Å². The predicted octanol–water partition coefficient (Wildman–Crippen LogP) is 2.69. The van der Waals surface area contributed by atoms with Gasteiger partial charge in [-0.15, -0.1) is 0 Å². The Kier molecular flexibility index (Phi) is 3.81. The van der Waals surface area contributed by atoms with Crippen LogP contribution in [0.3, 0.4) is 0 Å². The zero-order valence-corrected chi connectivity index (χ0v) is 9.46. The third kappa shape index (κ3) is 2.54. The van der Waals surface area contributed by atoms with Gasteiger partial charge in [-0.05, 0) is 25.0 Å². The van der Waals surface area contributed by atoms with Gasteiger partial charge in [0.15, 0.2) is 5.78 Å². The highest BCUT2D eigenvalue weighted by molar-refractivity contribution is 6.09. The molecular formula is C13H16O2. The number of carbonyl (C=O) groups is 1. The van der Waals surface area contributed by atoms with Crippen molar-refractivity contribution >= 4 is 5.78 Å². The molecule has 15 heavy (non-hydrogen) atoms. The lowest BCUT2D eigenvalue weighted by atomic mass is 9.97. The summed E-state index contributed by atoms with van der Waals surface area (Å²) in [6, 6.07) is 5.70. The van der Waals surface area contributed by atoms with E-state index in [1.807, 2.05) is 32.0 Å². The van der Waals surface area contributed by atoms with Gasteiger partial charge in [0.25, 0.3) is 0 Å². The minimum Gasteiger partial charge on any atom is -0.380 e. The maximum Gasteiger partial charge on any atom is 0.191 e. The fraction of sp³-hybridized carbons (Fsp3) is 0.308. The quantitative estimate of drug-likeness (QED) is 0.556. The summed E-state index contributed by atoms with van der Waals surface area (Å²) >= 11 is 0. The van der Waals surface area contributed by atoms with Gasteiger partial charge in [-0.1, -0.05) is 24.8 Å². The topological polar surface area (TPSA) is 26.3 Å². The molecule has 0 saturated heterocycles. The van der Waals surface area contributed by atoms with E-state index in [0.717, 1.165) is 16.7 Å². The molecule has 0 aliphatic carbocycles. The van der Waals surface area contributed by atoms with Crippen molar-refractivity contribution in [3.8, 4) is 0 Å². The summed E-state index contributed by atoms with van der Waals surface area (Å²) in [7, 11) is 1.56. The highest BCUT2D eigenvalue weighted by Gasteiger charge is 2.12. The summed E-state index contributed by atoms with van der Waals surface area (Å²) in [5, 5.41) is 0. The van der Waals surface area contributed by atoms with Crippen LogP contribution in [0, 0.1) is 13.8 Å². The number of ether oxygens (including phenoxy) is 1. The third-order valence-corrected chi connectivity index (χ3v) is 2.49. The lowest BCUT2D eigenvalue weighted by Crippen LogP contribution is -2.09. The molecule has 0 fully saturated rings. The van der Waals surface area contributed by atoms with Crippen molar-refractivity contribution in [2.45, 2.75) is 13.8 Å². The molecule has 1 rings (SSSR count). The Labute approximate surface area is 90.6 Å². The van der Waals surface area contributed by atoms with Gasteiger partial charge in [0.1, 0.15) is 0 Å². The molecule has 0 N–H and O–H groups in total. The largest absolute Gasteiger partial charge is 0.380 e. The van der Waals surface area contributed by atoms with E-state index in [2.05, 4.69) is 6.58 Å². The average Bonchev–Trinajstić information content (AvgIpc) is 2.21. The highest BCUT2D eigenvalue weighted by Crippen LogP contribution is 2.16. The van der Waals surface area contributed by atoms with Crippen LogP contribution in [-0.2, 0) is 4.74 Å². The van der Waals surface area contributed by atoms with E-state index in [4.69, 9.17) is 4.74 Å². The summed E-state index contributed by atoms with van der Waals surface area (Å²) in [4.78, 5) is 11.9. The number of benzene rings is 1. The number of carbonyl (C=O) groups excluding carboxylic acids is 1. The fourth-order valence-corrected chi connectivity index (χ4v) is 1.43. The number of Topliss-reactive ketones (excluding diaryl/α,β-unsaturated/α-hetero) is 1. The van der Waals surface area contributed by atoms with Gasteiger partial charge in [0, 0.05) is 18.2 Å². The second-order valence-corrected chi connectivity index (χ2v) is 3.61. The molecule has 1 aromatic rings. The van der Waals surface area contributed by atoms with Gasteiger partial charge in [0.05, 0.1) is 6.61 Å². The fourth-order valence-electron chi connectivity index (χ4n) is 1.43. The molecule has 0 saturated carbocycles. The zero-order chi connectivity index (χ0) is 11.4. The summed E-state index contributed by atoms with van der Waals surface area (Å²) in [6.07, 6.45) is 0. The Balaban J connectivity index is 3.01. The predicted molar refractivity (Wildman–Crippen MR) is 61.3 cm³/mol. The number of rotatable bonds is 4. The molecule has 0 radical (unpaired) electrons. The molecule has 0 aromatic heterocycles. The third-order valence-electron chi connectivity index (χ3n) is 2.49. The summed E-state index contributed by atoms with van der Waals surface area (Å²) in [5.41, 5.74) is 3.34. The number of ketones is 1. The van der Waals surface area contributed by atoms with Gasteiger partial charge < -0.3 is 4.74 Å². The first kappa shape index (κ1) is 11.7. The summed E-state index contributed by atoms with van der Waals surface area (Å²) in [6.45, 7) is 7.94. The molecule has 0 spiro atoms. The van der Waals surface area contributed by atoms with Crippen LogP contribution >= 0.6 is 0 Å². The van der Waals surface area contributed by atoms with E-state index in [9.17, 15) is 4.79 Å². The first-order valence-corrected chi connectivity index (χ1v) is 4.85. The van der Waals surface area contributed by atoms with Crippen molar-refractivity contribution in [1.82, 2.24) is 0 Å². The lowest BCUT2D eigenvalue weighted by molar-refractivity contribution is 0.101. The SMILES string of the molecule is C=C(COC)C(=O)c1cccc(C)c1C. The molecule has 0 bridgehead atoms. The molecule has 2 nitrogen and oxygen atoms in total. The molecule has 80 valence electrons. The van der Waals surface area contributed by atoms with Crippen molar-refractivity contribution in [2.75, 3.05) is 13.7 Å². The van der Waals surface area contributed by atoms with Gasteiger partial charge in [-0.25, -0.2) is 0 Å². The van der Waals surface area contributed by atoms with Gasteiger partial charge in [-0.3, -0.25) is 4.79 Å². The Hall–Kier alpha value is -1.41. The van der Waals surface area contributed by atoms with Crippen LogP contribution in [0.4, 0.5) is 0 Å². The highest BCUT2D eigenvalue weighted by atomic mass is 16.5. The van der Waals surface area contributed by atoms with Crippen LogP contribution < -0.4 is 0 Å². The second-order valence-electron chi connectivity index (χ2n) is 3.61. The lowest BCUT2D eigenvalue weighted by Gasteiger charge is -2.08. The average molecular weight is 204 g/mol. The summed E-state index contributed by atoms with van der Waals surface area (Å²) in [5.74, 6) is -0.0296. The standard InChI is InChI=1S/C13H16O2/c1-9-6-5-7-12(11(9)3)13(14)10(2)8-15-4/h5-7H,2,8H2,1,3-4H3. The Morgan fingerprint density at radius 2 is 2.07 bits per heavy atom. The van der Waals surface area contributed by atoms with Gasteiger partial charge >= 0.3 is 0 Å². The molecule has 0 atom stereocenters. The van der Waals surface area contributed by atoms with Crippen LogP contribution in [0.2, 0.25) is 0 Å². The molecule has 2 heteroatoms. The second kappa shape index (κ2) is 4.89. The van der Waals surface area contributed by atoms with Crippen LogP contribution in [0.5, 0.6) is 0 Å². The van der Waals surface area contributed by atoms with Crippen LogP contribution in [-0.4, -0.2) is 19.5 Å². The summed E-state index contributed by atoms with van der Waals surface area (Å²) < 4.78 is 4.90. The van der Waals surface area contributed by atoms with E-state index in [1.165, 1.54) is 0 Å². The van der Waals surface area contributed by atoms with Crippen molar-refractivity contribution in [3.63, 3.8) is 0 Å². The molecule has 0 amide bonds. The molecule has 0 aliphatic heterocycles. The molecule has 0 unspecified atom stereocenters. The van der Waals surface area contributed by atoms with Crippen molar-refractivity contribution in [1.29, 1.82) is 0 Å². The Bertz CT molecular complexity index is 392. The molecule has 1 aromatic carbocycles. The Morgan fingerprint density at radius 1 is 1.40 bits per heavy atom. The normalized spacial score (nSPS) is 10.1. The Morgan fingerprint density at radius 3 is 2.67 bits per heavy atom. The van der Waals surface area contributed by atoms with E-state index >= 15 is 0 Å². The van der Waals surface area contributed by atoms with E-state index in [0.29, 0.717) is 5.57 Å². The maximum absolute atomic E-state index is 11.9. The van der Waals surface area contributed by atoms with Crippen LogP contribution in [0.25, 0.3) is 0 Å². The van der Waals surface area contributed by atoms with Gasteiger partial charge in [0.2, 0.25) is 0 Å². The van der Waals surface area contributed by atoms with Gasteiger partial charge in [-0.2, -0.15) is 0 Å². The first-order valence-electron chi connectivity index (χ1n) is 4.85. The maximum atomic E-state index is 11.9. The van der Waals surface area contributed by atoms with Crippen molar-refractivity contribution in [3.05, 3.63) is 47.0 Å². The molecule has 0 heterocycles. The zero-order valence-electron chi connectivity index (χ0n) is 9.46. The van der Waals surface area contributed by atoms with Crippen molar-refractivity contribution < 1.29 is 9.53 Å². The van der Waals surface area contributed by atoms with Crippen LogP contribution in [0.1, 0.15) is 21.5 Å². The molecule has 0 aliphatic rings. The van der Waals surface area contributed by atoms with Crippen molar-refractivity contribution in [2.24, 2.45) is 0 Å². The minimum absolute atomic E-state index is 0.0296. The number of methoxy groups -OCH3 is 1. The van der Waals surface area contributed by atoms with E-state index in [1.54, 1.807) is 7.11 Å². The minimum atomic E-state index is -0.0296. The first-order chi connectivity index (χ1) is 7.07. The van der Waals surface area contributed by atoms with E-state index < -0.39 is 0 Å². The smallest absolute Gasteiger partial charge is 0.191 e.